The van der Waals surface area contributed by atoms with E-state index in [0.29, 0.717) is 6.61 Å². The van der Waals surface area contributed by atoms with E-state index in [4.69, 9.17) is 4.74 Å². The third kappa shape index (κ3) is 4.78. The summed E-state index contributed by atoms with van der Waals surface area (Å²) in [5.74, 6) is 0. The molecule has 0 unspecified atom stereocenters. The third-order valence-electron chi connectivity index (χ3n) is 3.10. The van der Waals surface area contributed by atoms with Gasteiger partial charge >= 0.3 is 0 Å². The topological polar surface area (TPSA) is 49.7 Å². The lowest BCUT2D eigenvalue weighted by atomic mass is 10.0. The van der Waals surface area contributed by atoms with Crippen LogP contribution in [-0.2, 0) is 11.3 Å². The first-order chi connectivity index (χ1) is 9.75. The SMILES string of the molecule is O[C@@H](COCc1ccccc1)C[C@@H](O)c1ccccc1. The van der Waals surface area contributed by atoms with E-state index in [1.165, 1.54) is 0 Å². The molecule has 0 fully saturated rings. The molecular weight excluding hydrogens is 252 g/mol. The Kier molecular flexibility index (Phi) is 5.74. The minimum atomic E-state index is -0.672. The van der Waals surface area contributed by atoms with E-state index < -0.39 is 12.2 Å². The van der Waals surface area contributed by atoms with E-state index >= 15 is 0 Å². The first-order valence-electron chi connectivity index (χ1n) is 6.78. The van der Waals surface area contributed by atoms with Crippen LogP contribution in [0, 0.1) is 0 Å². The first kappa shape index (κ1) is 14.7. The molecular formula is C17H20O3. The van der Waals surface area contributed by atoms with Crippen molar-refractivity contribution in [3.8, 4) is 0 Å². The van der Waals surface area contributed by atoms with E-state index in [-0.39, 0.29) is 13.0 Å². The summed E-state index contributed by atoms with van der Waals surface area (Å²) in [6.07, 6.45) is -1.06. The van der Waals surface area contributed by atoms with Crippen molar-refractivity contribution in [2.75, 3.05) is 6.61 Å². The van der Waals surface area contributed by atoms with E-state index in [9.17, 15) is 10.2 Å². The van der Waals surface area contributed by atoms with E-state index in [1.807, 2.05) is 60.7 Å². The second kappa shape index (κ2) is 7.80. The van der Waals surface area contributed by atoms with Gasteiger partial charge in [0, 0.05) is 6.42 Å². The normalized spacial score (nSPS) is 13.9. The van der Waals surface area contributed by atoms with E-state index in [2.05, 4.69) is 0 Å². The van der Waals surface area contributed by atoms with Gasteiger partial charge in [-0.15, -0.1) is 0 Å². The van der Waals surface area contributed by atoms with Crippen molar-refractivity contribution < 1.29 is 14.9 Å². The summed E-state index contributed by atoms with van der Waals surface area (Å²) in [4.78, 5) is 0. The molecule has 2 aromatic rings. The van der Waals surface area contributed by atoms with Gasteiger partial charge in [-0.05, 0) is 11.1 Å². The van der Waals surface area contributed by atoms with Crippen molar-refractivity contribution in [1.82, 2.24) is 0 Å². The van der Waals surface area contributed by atoms with Gasteiger partial charge in [-0.2, -0.15) is 0 Å². The van der Waals surface area contributed by atoms with Gasteiger partial charge in [-0.25, -0.2) is 0 Å². The molecule has 0 radical (unpaired) electrons. The van der Waals surface area contributed by atoms with Crippen LogP contribution in [0.5, 0.6) is 0 Å². The first-order valence-corrected chi connectivity index (χ1v) is 6.78. The standard InChI is InChI=1S/C17H20O3/c18-16(11-17(19)15-9-5-2-6-10-15)13-20-12-14-7-3-1-4-8-14/h1-10,16-19H,11-13H2/t16-,17-/m1/s1. The van der Waals surface area contributed by atoms with Crippen molar-refractivity contribution in [2.45, 2.75) is 25.2 Å². The average molecular weight is 272 g/mol. The Balaban J connectivity index is 1.71. The molecule has 106 valence electrons. The van der Waals surface area contributed by atoms with Crippen LogP contribution in [0.15, 0.2) is 60.7 Å². The maximum absolute atomic E-state index is 9.99. The van der Waals surface area contributed by atoms with Gasteiger partial charge in [0.2, 0.25) is 0 Å². The Morgan fingerprint density at radius 3 is 2.10 bits per heavy atom. The summed E-state index contributed by atoms with van der Waals surface area (Å²) < 4.78 is 5.46. The van der Waals surface area contributed by atoms with Gasteiger partial charge < -0.3 is 14.9 Å². The minimum absolute atomic E-state index is 0.221. The molecule has 0 aromatic heterocycles. The zero-order chi connectivity index (χ0) is 14.2. The van der Waals surface area contributed by atoms with Crippen LogP contribution in [0.25, 0.3) is 0 Å². The van der Waals surface area contributed by atoms with Crippen molar-refractivity contribution >= 4 is 0 Å². The summed E-state index contributed by atoms with van der Waals surface area (Å²) in [6, 6.07) is 19.2. The summed E-state index contributed by atoms with van der Waals surface area (Å²) >= 11 is 0. The zero-order valence-electron chi connectivity index (χ0n) is 11.4. The molecule has 0 saturated heterocycles. The van der Waals surface area contributed by atoms with E-state index in [0.717, 1.165) is 11.1 Å². The largest absolute Gasteiger partial charge is 0.391 e. The van der Waals surface area contributed by atoms with Gasteiger partial charge in [-0.3, -0.25) is 0 Å². The van der Waals surface area contributed by atoms with Gasteiger partial charge in [0.1, 0.15) is 0 Å². The molecule has 3 nitrogen and oxygen atoms in total. The predicted octanol–water partition coefficient (Wildman–Crippen LogP) is 2.69. The van der Waals surface area contributed by atoms with Crippen LogP contribution in [0.2, 0.25) is 0 Å². The molecule has 0 bridgehead atoms. The van der Waals surface area contributed by atoms with Crippen molar-refractivity contribution in [2.24, 2.45) is 0 Å². The van der Waals surface area contributed by atoms with Crippen LogP contribution in [0.3, 0.4) is 0 Å². The fraction of sp³-hybridized carbons (Fsp3) is 0.294. The van der Waals surface area contributed by atoms with Crippen molar-refractivity contribution in [3.05, 3.63) is 71.8 Å². The second-order valence-corrected chi connectivity index (χ2v) is 4.82. The Morgan fingerprint density at radius 2 is 1.45 bits per heavy atom. The van der Waals surface area contributed by atoms with Crippen LogP contribution in [0.4, 0.5) is 0 Å². The molecule has 2 aromatic carbocycles. The number of hydrogen-bond donors (Lipinski definition) is 2. The number of ether oxygens (including phenoxy) is 1. The summed E-state index contributed by atoms with van der Waals surface area (Å²) in [5, 5.41) is 19.9. The quantitative estimate of drug-likeness (QED) is 0.814. The maximum atomic E-state index is 9.99. The van der Waals surface area contributed by atoms with Crippen LogP contribution >= 0.6 is 0 Å². The molecule has 0 aliphatic heterocycles. The molecule has 0 heterocycles. The number of hydrogen-bond acceptors (Lipinski definition) is 3. The molecule has 3 heteroatoms. The summed E-state index contributed by atoms with van der Waals surface area (Å²) in [5.41, 5.74) is 1.89. The highest BCUT2D eigenvalue weighted by Gasteiger charge is 2.13. The Hall–Kier alpha value is -1.68. The molecule has 2 N–H and O–H groups in total. The third-order valence-corrected chi connectivity index (χ3v) is 3.10. The minimum Gasteiger partial charge on any atom is -0.391 e. The fourth-order valence-corrected chi connectivity index (χ4v) is 2.02. The van der Waals surface area contributed by atoms with Gasteiger partial charge in [0.15, 0.2) is 0 Å². The summed E-state index contributed by atoms with van der Waals surface area (Å²) in [7, 11) is 0. The van der Waals surface area contributed by atoms with Crippen molar-refractivity contribution in [3.63, 3.8) is 0 Å². The van der Waals surface area contributed by atoms with Gasteiger partial charge in [-0.1, -0.05) is 60.7 Å². The molecule has 0 spiro atoms. The van der Waals surface area contributed by atoms with Crippen LogP contribution < -0.4 is 0 Å². The zero-order valence-corrected chi connectivity index (χ0v) is 11.4. The Morgan fingerprint density at radius 1 is 0.850 bits per heavy atom. The lowest BCUT2D eigenvalue weighted by Crippen LogP contribution is -2.18. The molecule has 2 rings (SSSR count). The Labute approximate surface area is 119 Å². The monoisotopic (exact) mass is 272 g/mol. The molecule has 0 saturated carbocycles. The lowest BCUT2D eigenvalue weighted by molar-refractivity contribution is 0.000626. The molecule has 0 aliphatic rings. The van der Waals surface area contributed by atoms with Gasteiger partial charge in [0.25, 0.3) is 0 Å². The lowest BCUT2D eigenvalue weighted by Gasteiger charge is -2.16. The summed E-state index contributed by atoms with van der Waals surface area (Å²) in [6.45, 7) is 0.693. The number of aliphatic hydroxyl groups is 2. The highest BCUT2D eigenvalue weighted by molar-refractivity contribution is 5.17. The average Bonchev–Trinajstić information content (AvgIpc) is 2.49. The van der Waals surface area contributed by atoms with Crippen LogP contribution in [0.1, 0.15) is 23.7 Å². The van der Waals surface area contributed by atoms with E-state index in [1.54, 1.807) is 0 Å². The second-order valence-electron chi connectivity index (χ2n) is 4.82. The van der Waals surface area contributed by atoms with Crippen molar-refractivity contribution in [1.29, 1.82) is 0 Å². The smallest absolute Gasteiger partial charge is 0.0815 e. The fourth-order valence-electron chi connectivity index (χ4n) is 2.02. The molecule has 0 aliphatic carbocycles. The highest BCUT2D eigenvalue weighted by atomic mass is 16.5. The number of benzene rings is 2. The number of rotatable bonds is 7. The molecule has 20 heavy (non-hydrogen) atoms. The molecule has 0 amide bonds. The van der Waals surface area contributed by atoms with Gasteiger partial charge in [0.05, 0.1) is 25.4 Å². The molecule has 2 atom stereocenters. The maximum Gasteiger partial charge on any atom is 0.0815 e. The van der Waals surface area contributed by atoms with Crippen LogP contribution in [-0.4, -0.2) is 22.9 Å². The predicted molar refractivity (Wildman–Crippen MR) is 78.1 cm³/mol. The highest BCUT2D eigenvalue weighted by Crippen LogP contribution is 2.18. The Bertz CT molecular complexity index is 484. The number of aliphatic hydroxyl groups excluding tert-OH is 2.